The van der Waals surface area contributed by atoms with Gasteiger partial charge < -0.3 is 5.32 Å². The fourth-order valence-electron chi connectivity index (χ4n) is 1.44. The van der Waals surface area contributed by atoms with Gasteiger partial charge in [-0.05, 0) is 12.5 Å². The van der Waals surface area contributed by atoms with Crippen molar-refractivity contribution in [2.75, 3.05) is 6.54 Å². The van der Waals surface area contributed by atoms with E-state index in [1.807, 2.05) is 0 Å². The van der Waals surface area contributed by atoms with Crippen molar-refractivity contribution in [1.82, 2.24) is 5.32 Å². The van der Waals surface area contributed by atoms with Crippen LogP contribution in [0.4, 0.5) is 17.6 Å². The van der Waals surface area contributed by atoms with Crippen molar-refractivity contribution in [3.63, 3.8) is 0 Å². The van der Waals surface area contributed by atoms with E-state index in [0.29, 0.717) is 19.0 Å². The molecule has 2 nitrogen and oxygen atoms in total. The minimum Gasteiger partial charge on any atom is -0.356 e. The predicted octanol–water partition coefficient (Wildman–Crippen LogP) is 3.38. The number of carbonyl (C=O) groups excluding carboxylic acids is 1. The second-order valence-corrected chi connectivity index (χ2v) is 3.88. The van der Waals surface area contributed by atoms with Gasteiger partial charge in [0.1, 0.15) is 5.82 Å². The standard InChI is InChI=1S/C13H13F4NO/c1-9(19)18-8-3-2-5-10-6-4-7-11(12(10)14)13(15,16)17/h2,4-7H,3,8H2,1H3,(H,18,19). The van der Waals surface area contributed by atoms with Crippen molar-refractivity contribution in [2.24, 2.45) is 0 Å². The zero-order valence-corrected chi connectivity index (χ0v) is 10.2. The van der Waals surface area contributed by atoms with Gasteiger partial charge in [0.2, 0.25) is 5.91 Å². The fraction of sp³-hybridized carbons (Fsp3) is 0.308. The SMILES string of the molecule is CC(=O)NCCC=Cc1cccc(C(F)(F)F)c1F. The molecule has 1 aromatic carbocycles. The largest absolute Gasteiger partial charge is 0.419 e. The van der Waals surface area contributed by atoms with Crippen molar-refractivity contribution >= 4 is 12.0 Å². The van der Waals surface area contributed by atoms with E-state index in [1.54, 1.807) is 0 Å². The molecule has 6 heteroatoms. The first-order valence-corrected chi connectivity index (χ1v) is 5.59. The van der Waals surface area contributed by atoms with Crippen LogP contribution in [0.5, 0.6) is 0 Å². The molecule has 0 saturated heterocycles. The molecule has 0 aromatic heterocycles. The Labute approximate surface area is 108 Å². The Bertz CT molecular complexity index is 480. The Morgan fingerprint density at radius 2 is 2.05 bits per heavy atom. The summed E-state index contributed by atoms with van der Waals surface area (Å²) < 4.78 is 50.9. The molecule has 0 unspecified atom stereocenters. The van der Waals surface area contributed by atoms with Gasteiger partial charge in [-0.25, -0.2) is 4.39 Å². The summed E-state index contributed by atoms with van der Waals surface area (Å²) in [5.74, 6) is -1.48. The van der Waals surface area contributed by atoms with Crippen LogP contribution in [0.1, 0.15) is 24.5 Å². The molecule has 0 fully saturated rings. The number of hydrogen-bond acceptors (Lipinski definition) is 1. The Kier molecular flexibility index (Phi) is 5.09. The number of nitrogens with one attached hydrogen (secondary N) is 1. The quantitative estimate of drug-likeness (QED) is 0.662. The molecule has 1 amide bonds. The van der Waals surface area contributed by atoms with Gasteiger partial charge in [0.25, 0.3) is 0 Å². The fourth-order valence-corrected chi connectivity index (χ4v) is 1.44. The first kappa shape index (κ1) is 15.2. The van der Waals surface area contributed by atoms with E-state index in [0.717, 1.165) is 6.07 Å². The van der Waals surface area contributed by atoms with Crippen molar-refractivity contribution < 1.29 is 22.4 Å². The number of benzene rings is 1. The van der Waals surface area contributed by atoms with Crippen molar-refractivity contribution in [3.05, 3.63) is 41.2 Å². The molecule has 0 radical (unpaired) electrons. The molecule has 0 atom stereocenters. The Morgan fingerprint density at radius 1 is 1.37 bits per heavy atom. The molecule has 0 saturated carbocycles. The third-order valence-corrected chi connectivity index (χ3v) is 2.32. The summed E-state index contributed by atoms with van der Waals surface area (Å²) in [6.07, 6.45) is -1.51. The molecule has 0 aliphatic heterocycles. The number of carbonyl (C=O) groups is 1. The normalized spacial score (nSPS) is 11.8. The maximum absolute atomic E-state index is 13.6. The lowest BCUT2D eigenvalue weighted by atomic mass is 10.1. The van der Waals surface area contributed by atoms with Crippen molar-refractivity contribution in [1.29, 1.82) is 0 Å². The number of alkyl halides is 3. The smallest absolute Gasteiger partial charge is 0.356 e. The van der Waals surface area contributed by atoms with Crippen LogP contribution in [0.25, 0.3) is 6.08 Å². The number of rotatable bonds is 4. The lowest BCUT2D eigenvalue weighted by Gasteiger charge is -2.09. The number of amides is 1. The topological polar surface area (TPSA) is 29.1 Å². The molecule has 0 aliphatic carbocycles. The molecule has 0 heterocycles. The van der Waals surface area contributed by atoms with E-state index in [9.17, 15) is 22.4 Å². The molecule has 1 aromatic rings. The molecule has 1 N–H and O–H groups in total. The lowest BCUT2D eigenvalue weighted by Crippen LogP contribution is -2.20. The van der Waals surface area contributed by atoms with Crippen LogP contribution in [-0.2, 0) is 11.0 Å². The van der Waals surface area contributed by atoms with Gasteiger partial charge in [0.05, 0.1) is 5.56 Å². The first-order chi connectivity index (χ1) is 8.82. The van der Waals surface area contributed by atoms with Crippen molar-refractivity contribution in [3.8, 4) is 0 Å². The lowest BCUT2D eigenvalue weighted by molar-refractivity contribution is -0.140. The summed E-state index contributed by atoms with van der Waals surface area (Å²) in [5.41, 5.74) is -1.41. The summed E-state index contributed by atoms with van der Waals surface area (Å²) in [6.45, 7) is 1.71. The van der Waals surface area contributed by atoms with Crippen LogP contribution >= 0.6 is 0 Å². The molecule has 0 bridgehead atoms. The first-order valence-electron chi connectivity index (χ1n) is 5.59. The van der Waals surface area contributed by atoms with Crippen LogP contribution in [0.15, 0.2) is 24.3 Å². The van der Waals surface area contributed by atoms with Gasteiger partial charge in [-0.2, -0.15) is 13.2 Å². The number of hydrogen-bond donors (Lipinski definition) is 1. The molecule has 19 heavy (non-hydrogen) atoms. The Hall–Kier alpha value is -1.85. The highest BCUT2D eigenvalue weighted by atomic mass is 19.4. The highest BCUT2D eigenvalue weighted by Crippen LogP contribution is 2.32. The average molecular weight is 275 g/mol. The summed E-state index contributed by atoms with van der Waals surface area (Å²) in [4.78, 5) is 10.6. The predicted molar refractivity (Wildman–Crippen MR) is 63.7 cm³/mol. The zero-order chi connectivity index (χ0) is 14.5. The molecule has 1 rings (SSSR count). The van der Waals surface area contributed by atoms with E-state index >= 15 is 0 Å². The molecular weight excluding hydrogens is 262 g/mol. The molecule has 0 aliphatic rings. The summed E-state index contributed by atoms with van der Waals surface area (Å²) >= 11 is 0. The Balaban J connectivity index is 2.74. The van der Waals surface area contributed by atoms with E-state index in [-0.39, 0.29) is 11.5 Å². The highest BCUT2D eigenvalue weighted by Gasteiger charge is 2.34. The van der Waals surface area contributed by atoms with Crippen molar-refractivity contribution in [2.45, 2.75) is 19.5 Å². The van der Waals surface area contributed by atoms with Crippen LogP contribution in [0, 0.1) is 5.82 Å². The minimum absolute atomic E-state index is 0.127. The monoisotopic (exact) mass is 275 g/mol. The molecule has 104 valence electrons. The molecule has 0 spiro atoms. The van der Waals surface area contributed by atoms with Gasteiger partial charge in [-0.1, -0.05) is 24.3 Å². The van der Waals surface area contributed by atoms with Gasteiger partial charge >= 0.3 is 6.18 Å². The summed E-state index contributed by atoms with van der Waals surface area (Å²) in [6, 6.07) is 3.11. The molecular formula is C13H13F4NO. The maximum Gasteiger partial charge on any atom is 0.419 e. The third-order valence-electron chi connectivity index (χ3n) is 2.32. The second-order valence-electron chi connectivity index (χ2n) is 3.88. The number of halogens is 4. The van der Waals surface area contributed by atoms with Gasteiger partial charge in [-0.15, -0.1) is 0 Å². The van der Waals surface area contributed by atoms with Crippen LogP contribution < -0.4 is 5.32 Å². The van der Waals surface area contributed by atoms with Gasteiger partial charge in [0, 0.05) is 19.0 Å². The van der Waals surface area contributed by atoms with Crippen LogP contribution in [-0.4, -0.2) is 12.5 Å². The van der Waals surface area contributed by atoms with E-state index in [1.165, 1.54) is 25.1 Å². The summed E-state index contributed by atoms with van der Waals surface area (Å²) in [7, 11) is 0. The third kappa shape index (κ3) is 4.73. The van der Waals surface area contributed by atoms with Crippen LogP contribution in [0.2, 0.25) is 0 Å². The zero-order valence-electron chi connectivity index (χ0n) is 10.2. The van der Waals surface area contributed by atoms with E-state index < -0.39 is 17.6 Å². The second kappa shape index (κ2) is 6.36. The van der Waals surface area contributed by atoms with E-state index in [4.69, 9.17) is 0 Å². The van der Waals surface area contributed by atoms with Crippen LogP contribution in [0.3, 0.4) is 0 Å². The Morgan fingerprint density at radius 3 is 2.63 bits per heavy atom. The van der Waals surface area contributed by atoms with Gasteiger partial charge in [-0.3, -0.25) is 4.79 Å². The van der Waals surface area contributed by atoms with E-state index in [2.05, 4.69) is 5.32 Å². The summed E-state index contributed by atoms with van der Waals surface area (Å²) in [5, 5.41) is 2.52. The minimum atomic E-state index is -4.70. The average Bonchev–Trinajstić information content (AvgIpc) is 2.28. The highest BCUT2D eigenvalue weighted by molar-refractivity contribution is 5.72. The van der Waals surface area contributed by atoms with Gasteiger partial charge in [0.15, 0.2) is 0 Å². The maximum atomic E-state index is 13.6.